The van der Waals surface area contributed by atoms with Gasteiger partial charge in [-0.15, -0.1) is 0 Å². The van der Waals surface area contributed by atoms with E-state index < -0.39 is 45.6 Å². The van der Waals surface area contributed by atoms with Crippen LogP contribution in [0.15, 0.2) is 48.2 Å². The molecule has 1 amide bonds. The van der Waals surface area contributed by atoms with Crippen LogP contribution in [0.5, 0.6) is 0 Å². The molecule has 0 aliphatic heterocycles. The number of hydrogen-bond acceptors (Lipinski definition) is 6. The van der Waals surface area contributed by atoms with Crippen LogP contribution in [0, 0.1) is 15.9 Å². The smallest absolute Gasteiger partial charge is 0.270 e. The summed E-state index contributed by atoms with van der Waals surface area (Å²) in [7, 11) is 0. The van der Waals surface area contributed by atoms with Gasteiger partial charge >= 0.3 is 0 Å². The molecule has 26 heavy (non-hydrogen) atoms. The molecule has 3 N–H and O–H groups in total. The van der Waals surface area contributed by atoms with E-state index in [9.17, 15) is 34.3 Å². The molecule has 132 valence electrons. The standard InChI is InChI=1S/C17H11FN2O6/c18-8-1-3-9(4-2-8)19-17(24)13-11-6-5-10(20(25)26)7-12(11)14(21)16(23)15(13)22/h1-7,16,22-23H,(H,19,24). The molecule has 0 heterocycles. The molecule has 9 heteroatoms. The van der Waals surface area contributed by atoms with E-state index >= 15 is 0 Å². The summed E-state index contributed by atoms with van der Waals surface area (Å²) >= 11 is 0. The number of non-ortho nitro benzene ring substituents is 1. The zero-order chi connectivity index (χ0) is 19.0. The van der Waals surface area contributed by atoms with Gasteiger partial charge in [-0.25, -0.2) is 4.39 Å². The first kappa shape index (κ1) is 17.2. The van der Waals surface area contributed by atoms with Crippen LogP contribution in [0.3, 0.4) is 0 Å². The summed E-state index contributed by atoms with van der Waals surface area (Å²) in [6.45, 7) is 0. The number of hydrogen-bond donors (Lipinski definition) is 3. The summed E-state index contributed by atoms with van der Waals surface area (Å²) in [5, 5.41) is 33.3. The first-order valence-corrected chi connectivity index (χ1v) is 7.30. The van der Waals surface area contributed by atoms with Crippen LogP contribution >= 0.6 is 0 Å². The number of carbonyl (C=O) groups excluding carboxylic acids is 2. The Kier molecular flexibility index (Phi) is 4.23. The molecule has 0 bridgehead atoms. The van der Waals surface area contributed by atoms with Gasteiger partial charge in [0.1, 0.15) is 11.6 Å². The Balaban J connectivity index is 2.05. The predicted octanol–water partition coefficient (Wildman–Crippen LogP) is 2.20. The second kappa shape index (κ2) is 6.37. The van der Waals surface area contributed by atoms with E-state index in [2.05, 4.69) is 5.32 Å². The maximum absolute atomic E-state index is 12.9. The van der Waals surface area contributed by atoms with Gasteiger partial charge in [-0.3, -0.25) is 19.7 Å². The first-order chi connectivity index (χ1) is 12.3. The van der Waals surface area contributed by atoms with E-state index in [1.165, 1.54) is 12.1 Å². The highest BCUT2D eigenvalue weighted by molar-refractivity contribution is 6.30. The number of nitro groups is 1. The largest absolute Gasteiger partial charge is 0.508 e. The first-order valence-electron chi connectivity index (χ1n) is 7.30. The van der Waals surface area contributed by atoms with E-state index in [1.54, 1.807) is 0 Å². The molecular weight excluding hydrogens is 347 g/mol. The van der Waals surface area contributed by atoms with Gasteiger partial charge in [-0.2, -0.15) is 0 Å². The Hall–Kier alpha value is -3.59. The van der Waals surface area contributed by atoms with Crippen molar-refractivity contribution in [3.63, 3.8) is 0 Å². The molecule has 0 spiro atoms. The fourth-order valence-electron chi connectivity index (χ4n) is 2.58. The number of fused-ring (bicyclic) bond motifs is 1. The summed E-state index contributed by atoms with van der Waals surface area (Å²) in [6, 6.07) is 7.94. The van der Waals surface area contributed by atoms with Crippen molar-refractivity contribution in [2.45, 2.75) is 6.10 Å². The number of rotatable bonds is 3. The van der Waals surface area contributed by atoms with Crippen LogP contribution in [0.2, 0.25) is 0 Å². The molecule has 1 aliphatic rings. The highest BCUT2D eigenvalue weighted by atomic mass is 19.1. The molecule has 3 rings (SSSR count). The summed E-state index contributed by atoms with van der Waals surface area (Å²) in [5.74, 6) is -3.20. The summed E-state index contributed by atoms with van der Waals surface area (Å²) in [4.78, 5) is 34.8. The van der Waals surface area contributed by atoms with Crippen molar-refractivity contribution in [3.05, 3.63) is 75.3 Å². The minimum Gasteiger partial charge on any atom is -0.508 e. The number of aliphatic hydroxyl groups is 2. The lowest BCUT2D eigenvalue weighted by atomic mass is 9.86. The highest BCUT2D eigenvalue weighted by Gasteiger charge is 2.37. The third-order valence-corrected chi connectivity index (χ3v) is 3.84. The van der Waals surface area contributed by atoms with Crippen molar-refractivity contribution in [2.75, 3.05) is 5.32 Å². The molecule has 1 atom stereocenters. The second-order valence-corrected chi connectivity index (χ2v) is 5.48. The average molecular weight is 358 g/mol. The number of benzene rings is 2. The Morgan fingerprint density at radius 1 is 1.15 bits per heavy atom. The minimum absolute atomic E-state index is 0.0528. The van der Waals surface area contributed by atoms with E-state index in [-0.39, 0.29) is 16.8 Å². The topological polar surface area (TPSA) is 130 Å². The number of Topliss-reactive ketones (excluding diaryl/α,β-unsaturated/α-hetero) is 1. The zero-order valence-corrected chi connectivity index (χ0v) is 13.0. The molecule has 0 saturated heterocycles. The number of nitro benzene ring substituents is 1. The Morgan fingerprint density at radius 2 is 1.81 bits per heavy atom. The number of nitrogens with zero attached hydrogens (tertiary/aromatic N) is 1. The third-order valence-electron chi connectivity index (χ3n) is 3.84. The summed E-state index contributed by atoms with van der Waals surface area (Å²) in [6.07, 6.45) is -2.02. The summed E-state index contributed by atoms with van der Waals surface area (Å²) < 4.78 is 12.9. The number of anilines is 1. The van der Waals surface area contributed by atoms with Crippen molar-refractivity contribution in [2.24, 2.45) is 0 Å². The Labute approximate surface area is 145 Å². The van der Waals surface area contributed by atoms with Crippen LogP contribution in [-0.2, 0) is 4.79 Å². The number of nitrogens with one attached hydrogen (secondary N) is 1. The Bertz CT molecular complexity index is 968. The molecule has 1 aliphatic carbocycles. The Morgan fingerprint density at radius 3 is 2.42 bits per heavy atom. The lowest BCUT2D eigenvalue weighted by molar-refractivity contribution is -0.384. The molecule has 1 unspecified atom stereocenters. The molecule has 2 aromatic rings. The fraction of sp³-hybridized carbons (Fsp3) is 0.0588. The van der Waals surface area contributed by atoms with E-state index in [1.807, 2.05) is 0 Å². The van der Waals surface area contributed by atoms with Crippen molar-refractivity contribution < 1.29 is 29.1 Å². The molecular formula is C17H11FN2O6. The monoisotopic (exact) mass is 358 g/mol. The number of amides is 1. The van der Waals surface area contributed by atoms with Crippen LogP contribution in [0.4, 0.5) is 15.8 Å². The lowest BCUT2D eigenvalue weighted by Crippen LogP contribution is -2.32. The lowest BCUT2D eigenvalue weighted by Gasteiger charge is -2.22. The van der Waals surface area contributed by atoms with Crippen LogP contribution in [-0.4, -0.2) is 32.9 Å². The maximum Gasteiger partial charge on any atom is 0.270 e. The van der Waals surface area contributed by atoms with Gasteiger partial charge in [0.15, 0.2) is 11.9 Å². The molecule has 0 radical (unpaired) electrons. The van der Waals surface area contributed by atoms with Crippen molar-refractivity contribution in [1.82, 2.24) is 0 Å². The van der Waals surface area contributed by atoms with Crippen molar-refractivity contribution >= 4 is 28.6 Å². The predicted molar refractivity (Wildman–Crippen MR) is 88.0 cm³/mol. The molecule has 2 aromatic carbocycles. The summed E-state index contributed by atoms with van der Waals surface area (Å²) in [5.41, 5.74) is -0.890. The number of halogens is 1. The molecule has 8 nitrogen and oxygen atoms in total. The van der Waals surface area contributed by atoms with Crippen molar-refractivity contribution in [1.29, 1.82) is 0 Å². The van der Waals surface area contributed by atoms with Gasteiger partial charge in [-0.1, -0.05) is 0 Å². The van der Waals surface area contributed by atoms with Crippen molar-refractivity contribution in [3.8, 4) is 0 Å². The fourth-order valence-corrected chi connectivity index (χ4v) is 2.58. The van der Waals surface area contributed by atoms with Gasteiger partial charge < -0.3 is 15.5 Å². The number of carbonyl (C=O) groups is 2. The number of aliphatic hydroxyl groups excluding tert-OH is 2. The minimum atomic E-state index is -2.02. The van der Waals surface area contributed by atoms with Crippen LogP contribution in [0.25, 0.3) is 5.57 Å². The quantitative estimate of drug-likeness (QED) is 0.570. The van der Waals surface area contributed by atoms with Crippen LogP contribution in [0.1, 0.15) is 15.9 Å². The zero-order valence-electron chi connectivity index (χ0n) is 13.0. The maximum atomic E-state index is 12.9. The molecule has 0 fully saturated rings. The van der Waals surface area contributed by atoms with Gasteiger partial charge in [0.25, 0.3) is 11.6 Å². The van der Waals surface area contributed by atoms with Gasteiger partial charge in [0.05, 0.1) is 10.5 Å². The van der Waals surface area contributed by atoms with Crippen LogP contribution < -0.4 is 5.32 Å². The van der Waals surface area contributed by atoms with Gasteiger partial charge in [0, 0.05) is 28.9 Å². The molecule has 0 saturated carbocycles. The highest BCUT2D eigenvalue weighted by Crippen LogP contribution is 2.33. The second-order valence-electron chi connectivity index (χ2n) is 5.48. The van der Waals surface area contributed by atoms with Gasteiger partial charge in [-0.05, 0) is 30.3 Å². The van der Waals surface area contributed by atoms with E-state index in [0.29, 0.717) is 0 Å². The average Bonchev–Trinajstić information content (AvgIpc) is 2.61. The van der Waals surface area contributed by atoms with E-state index in [0.717, 1.165) is 30.3 Å². The number of ketones is 1. The van der Waals surface area contributed by atoms with Gasteiger partial charge in [0.2, 0.25) is 0 Å². The molecule has 0 aromatic heterocycles. The normalized spacial score (nSPS) is 16.2. The third kappa shape index (κ3) is 2.91. The van der Waals surface area contributed by atoms with E-state index in [4.69, 9.17) is 0 Å². The SMILES string of the molecule is O=C(Nc1ccc(F)cc1)C1=C(O)C(O)C(=O)c2cc([N+](=O)[O-])ccc21.